The van der Waals surface area contributed by atoms with Crippen LogP contribution in [0.2, 0.25) is 0 Å². The molecule has 2 rings (SSSR count). The van der Waals surface area contributed by atoms with E-state index in [1.807, 2.05) is 12.1 Å². The highest BCUT2D eigenvalue weighted by molar-refractivity contribution is 5.27. The molecule has 1 fully saturated rings. The number of hydrogen-bond donors (Lipinski definition) is 2. The molecule has 0 heterocycles. The third-order valence-electron chi connectivity index (χ3n) is 5.24. The van der Waals surface area contributed by atoms with Crippen LogP contribution >= 0.6 is 0 Å². The van der Waals surface area contributed by atoms with Crippen molar-refractivity contribution in [1.29, 1.82) is 0 Å². The van der Waals surface area contributed by atoms with Crippen molar-refractivity contribution in [3.63, 3.8) is 0 Å². The zero-order chi connectivity index (χ0) is 15.3. The summed E-state index contributed by atoms with van der Waals surface area (Å²) >= 11 is 0. The van der Waals surface area contributed by atoms with Gasteiger partial charge in [-0.05, 0) is 57.1 Å². The van der Waals surface area contributed by atoms with Gasteiger partial charge in [0.05, 0.1) is 0 Å². The Morgan fingerprint density at radius 3 is 2.19 bits per heavy atom. The summed E-state index contributed by atoms with van der Waals surface area (Å²) in [5.41, 5.74) is 1.58. The zero-order valence-electron chi connectivity index (χ0n) is 13.7. The van der Waals surface area contributed by atoms with Crippen molar-refractivity contribution < 1.29 is 5.11 Å². The monoisotopic (exact) mass is 290 g/mol. The molecule has 1 unspecified atom stereocenters. The van der Waals surface area contributed by atoms with Gasteiger partial charge in [0, 0.05) is 11.6 Å². The first-order chi connectivity index (χ1) is 10.2. The van der Waals surface area contributed by atoms with Crippen molar-refractivity contribution in [3.05, 3.63) is 29.8 Å². The molecule has 0 saturated heterocycles. The lowest BCUT2D eigenvalue weighted by molar-refractivity contribution is 0.0658. The largest absolute Gasteiger partial charge is 0.508 e. The van der Waals surface area contributed by atoms with Gasteiger partial charge < -0.3 is 10.4 Å². The Morgan fingerprint density at radius 1 is 1.14 bits per heavy atom. The molecule has 2 N–H and O–H groups in total. The van der Waals surface area contributed by atoms with Crippen LogP contribution in [0.15, 0.2) is 24.3 Å². The van der Waals surface area contributed by atoms with Crippen molar-refractivity contribution in [2.75, 3.05) is 20.1 Å². The quantitative estimate of drug-likeness (QED) is 0.809. The Hall–Kier alpha value is -1.06. The first-order valence-electron chi connectivity index (χ1n) is 8.36. The second-order valence-corrected chi connectivity index (χ2v) is 6.19. The van der Waals surface area contributed by atoms with E-state index < -0.39 is 0 Å². The molecular formula is C18H30N2O. The van der Waals surface area contributed by atoms with Gasteiger partial charge in [-0.1, -0.05) is 38.8 Å². The Labute approximate surface area is 129 Å². The first kappa shape index (κ1) is 16.3. The predicted octanol–water partition coefficient (Wildman–Crippen LogP) is 3.18. The van der Waals surface area contributed by atoms with Crippen LogP contribution in [0.3, 0.4) is 0 Å². The number of nitrogens with zero attached hydrogens (tertiary/aromatic N) is 1. The number of likely N-dealkylation sites (N-methyl/N-ethyl adjacent to an activating group) is 2. The van der Waals surface area contributed by atoms with E-state index in [1.54, 1.807) is 12.1 Å². The highest BCUT2D eigenvalue weighted by atomic mass is 16.3. The summed E-state index contributed by atoms with van der Waals surface area (Å²) < 4.78 is 0. The van der Waals surface area contributed by atoms with Crippen LogP contribution in [-0.4, -0.2) is 41.7 Å². The van der Waals surface area contributed by atoms with Crippen molar-refractivity contribution in [1.82, 2.24) is 10.2 Å². The smallest absolute Gasteiger partial charge is 0.115 e. The second-order valence-electron chi connectivity index (χ2n) is 6.19. The second kappa shape index (κ2) is 7.28. The van der Waals surface area contributed by atoms with Crippen LogP contribution in [0.1, 0.15) is 45.1 Å². The molecule has 0 aromatic heterocycles. The summed E-state index contributed by atoms with van der Waals surface area (Å²) in [4.78, 5) is 2.65. The van der Waals surface area contributed by atoms with E-state index in [9.17, 15) is 5.11 Å². The van der Waals surface area contributed by atoms with Crippen LogP contribution in [0.4, 0.5) is 0 Å². The summed E-state index contributed by atoms with van der Waals surface area (Å²) in [6, 6.07) is 8.14. The van der Waals surface area contributed by atoms with Gasteiger partial charge in [-0.15, -0.1) is 0 Å². The molecule has 0 amide bonds. The minimum atomic E-state index is 0.288. The molecule has 1 aliphatic rings. The van der Waals surface area contributed by atoms with Gasteiger partial charge >= 0.3 is 0 Å². The highest BCUT2D eigenvalue weighted by Crippen LogP contribution is 2.39. The normalized spacial score (nSPS) is 19.0. The number of phenolic OH excluding ortho intramolecular Hbond substituents is 1. The molecule has 1 saturated carbocycles. The Morgan fingerprint density at radius 2 is 1.71 bits per heavy atom. The van der Waals surface area contributed by atoms with E-state index >= 15 is 0 Å². The fourth-order valence-electron chi connectivity index (χ4n) is 4.15. The van der Waals surface area contributed by atoms with Gasteiger partial charge in [0.1, 0.15) is 5.75 Å². The standard InChI is InChI=1S/C18H30N2O/c1-4-20(5-2)18(12-6-7-13-18)17(19-3)14-15-8-10-16(21)11-9-15/h8-11,17,19,21H,4-7,12-14H2,1-3H3. The molecule has 1 aromatic carbocycles. The molecule has 1 aromatic rings. The summed E-state index contributed by atoms with van der Waals surface area (Å²) in [5.74, 6) is 0.346. The van der Waals surface area contributed by atoms with Crippen LogP contribution in [0.5, 0.6) is 5.75 Å². The average Bonchev–Trinajstić information content (AvgIpc) is 2.98. The van der Waals surface area contributed by atoms with Crippen molar-refractivity contribution >= 4 is 0 Å². The van der Waals surface area contributed by atoms with E-state index in [0.29, 0.717) is 11.8 Å². The molecule has 0 aliphatic heterocycles. The van der Waals surface area contributed by atoms with Gasteiger partial charge in [0.25, 0.3) is 0 Å². The number of benzene rings is 1. The summed E-state index contributed by atoms with van der Waals surface area (Å²) in [6.07, 6.45) is 6.28. The molecular weight excluding hydrogens is 260 g/mol. The van der Waals surface area contributed by atoms with Gasteiger partial charge in [0.15, 0.2) is 0 Å². The highest BCUT2D eigenvalue weighted by Gasteiger charge is 2.44. The van der Waals surface area contributed by atoms with E-state index in [2.05, 4.69) is 31.1 Å². The Balaban J connectivity index is 2.21. The molecule has 0 bridgehead atoms. The van der Waals surface area contributed by atoms with Gasteiger partial charge in [-0.3, -0.25) is 4.90 Å². The summed E-state index contributed by atoms with van der Waals surface area (Å²) in [5, 5.41) is 13.0. The number of hydrogen-bond acceptors (Lipinski definition) is 3. The lowest BCUT2D eigenvalue weighted by atomic mass is 9.82. The van der Waals surface area contributed by atoms with Crippen LogP contribution in [-0.2, 0) is 6.42 Å². The van der Waals surface area contributed by atoms with E-state index in [1.165, 1.54) is 31.2 Å². The Bertz CT molecular complexity index is 419. The molecule has 0 radical (unpaired) electrons. The summed E-state index contributed by atoms with van der Waals surface area (Å²) in [6.45, 7) is 6.78. The maximum atomic E-state index is 9.45. The van der Waals surface area contributed by atoms with E-state index in [4.69, 9.17) is 0 Å². The van der Waals surface area contributed by atoms with E-state index in [0.717, 1.165) is 19.5 Å². The van der Waals surface area contributed by atoms with Crippen LogP contribution in [0, 0.1) is 0 Å². The molecule has 3 heteroatoms. The molecule has 0 spiro atoms. The third-order valence-corrected chi connectivity index (χ3v) is 5.24. The van der Waals surface area contributed by atoms with Crippen LogP contribution < -0.4 is 5.32 Å². The van der Waals surface area contributed by atoms with Crippen molar-refractivity contribution in [2.24, 2.45) is 0 Å². The van der Waals surface area contributed by atoms with E-state index in [-0.39, 0.29) is 5.54 Å². The SMILES string of the molecule is CCN(CC)C1(C(Cc2ccc(O)cc2)NC)CCCC1. The number of rotatable bonds is 7. The fourth-order valence-corrected chi connectivity index (χ4v) is 4.15. The van der Waals surface area contributed by atoms with Gasteiger partial charge in [-0.25, -0.2) is 0 Å². The maximum absolute atomic E-state index is 9.45. The zero-order valence-corrected chi connectivity index (χ0v) is 13.7. The molecule has 1 aliphatic carbocycles. The lowest BCUT2D eigenvalue weighted by Gasteiger charge is -2.46. The minimum absolute atomic E-state index is 0.288. The maximum Gasteiger partial charge on any atom is 0.115 e. The number of aromatic hydroxyl groups is 1. The summed E-state index contributed by atoms with van der Waals surface area (Å²) in [7, 11) is 2.09. The van der Waals surface area contributed by atoms with Crippen molar-refractivity contribution in [2.45, 2.75) is 57.5 Å². The lowest BCUT2D eigenvalue weighted by Crippen LogP contribution is -2.60. The fraction of sp³-hybridized carbons (Fsp3) is 0.667. The Kier molecular flexibility index (Phi) is 5.65. The molecule has 21 heavy (non-hydrogen) atoms. The third kappa shape index (κ3) is 3.41. The average molecular weight is 290 g/mol. The van der Waals surface area contributed by atoms with Gasteiger partial charge in [-0.2, -0.15) is 0 Å². The predicted molar refractivity (Wildman–Crippen MR) is 88.8 cm³/mol. The molecule has 3 nitrogen and oxygen atoms in total. The van der Waals surface area contributed by atoms with Crippen LogP contribution in [0.25, 0.3) is 0 Å². The number of phenols is 1. The minimum Gasteiger partial charge on any atom is -0.508 e. The number of nitrogens with one attached hydrogen (secondary N) is 1. The van der Waals surface area contributed by atoms with Gasteiger partial charge in [0.2, 0.25) is 0 Å². The topological polar surface area (TPSA) is 35.5 Å². The molecule has 1 atom stereocenters. The first-order valence-corrected chi connectivity index (χ1v) is 8.36. The molecule has 118 valence electrons. The van der Waals surface area contributed by atoms with Crippen molar-refractivity contribution in [3.8, 4) is 5.75 Å².